The van der Waals surface area contributed by atoms with Gasteiger partial charge in [0.25, 0.3) is 0 Å². The van der Waals surface area contributed by atoms with Crippen molar-refractivity contribution in [1.29, 1.82) is 0 Å². The molecule has 0 unspecified atom stereocenters. The summed E-state index contributed by atoms with van der Waals surface area (Å²) in [4.78, 5) is 21.9. The molecule has 0 heterocycles. The highest BCUT2D eigenvalue weighted by atomic mass is 32.2. The Morgan fingerprint density at radius 1 is 1.26 bits per heavy atom. The third-order valence-electron chi connectivity index (χ3n) is 2.14. The topological polar surface area (TPSA) is 84.9 Å². The molecule has 0 radical (unpaired) electrons. The first-order valence-corrected chi connectivity index (χ1v) is 6.53. The van der Waals surface area contributed by atoms with Gasteiger partial charge in [-0.25, -0.2) is 0 Å². The highest BCUT2D eigenvalue weighted by Gasteiger charge is 2.09. The van der Waals surface area contributed by atoms with Gasteiger partial charge in [0.05, 0.1) is 31.4 Å². The minimum atomic E-state index is -0.945. The Labute approximate surface area is 115 Å². The lowest BCUT2D eigenvalue weighted by Gasteiger charge is -2.11. The van der Waals surface area contributed by atoms with E-state index in [0.717, 1.165) is 11.8 Å². The first-order valence-electron chi connectivity index (χ1n) is 5.38. The lowest BCUT2D eigenvalue weighted by molar-refractivity contribution is -0.133. The molecular formula is C12H15NO5S. The second kappa shape index (κ2) is 7.52. The minimum absolute atomic E-state index is 0.0709. The van der Waals surface area contributed by atoms with Gasteiger partial charge in [0.2, 0.25) is 5.91 Å². The van der Waals surface area contributed by atoms with E-state index in [4.69, 9.17) is 14.6 Å². The van der Waals surface area contributed by atoms with Gasteiger partial charge >= 0.3 is 5.97 Å². The number of thioether (sulfide) groups is 1. The Morgan fingerprint density at radius 2 is 2.00 bits per heavy atom. The van der Waals surface area contributed by atoms with Gasteiger partial charge in [-0.3, -0.25) is 9.59 Å². The number of aliphatic carboxylic acids is 1. The van der Waals surface area contributed by atoms with Gasteiger partial charge in [0.15, 0.2) is 0 Å². The summed E-state index contributed by atoms with van der Waals surface area (Å²) in [6, 6.07) is 5.01. The molecule has 104 valence electrons. The van der Waals surface area contributed by atoms with E-state index in [1.165, 1.54) is 14.2 Å². The number of benzene rings is 1. The van der Waals surface area contributed by atoms with Gasteiger partial charge in [0.1, 0.15) is 11.5 Å². The number of hydrogen-bond acceptors (Lipinski definition) is 5. The molecule has 0 aliphatic carbocycles. The summed E-state index contributed by atoms with van der Waals surface area (Å²) in [7, 11) is 3.03. The van der Waals surface area contributed by atoms with E-state index in [1.54, 1.807) is 18.2 Å². The van der Waals surface area contributed by atoms with Crippen LogP contribution in [0.5, 0.6) is 11.5 Å². The molecule has 0 fully saturated rings. The SMILES string of the molecule is COc1ccc(NC(=O)CSCC(=O)O)c(OC)c1. The van der Waals surface area contributed by atoms with Crippen LogP contribution in [-0.2, 0) is 9.59 Å². The van der Waals surface area contributed by atoms with Crippen molar-refractivity contribution in [2.75, 3.05) is 31.0 Å². The van der Waals surface area contributed by atoms with Crippen LogP contribution in [0, 0.1) is 0 Å². The smallest absolute Gasteiger partial charge is 0.313 e. The van der Waals surface area contributed by atoms with Crippen molar-refractivity contribution in [2.24, 2.45) is 0 Å². The summed E-state index contributed by atoms with van der Waals surface area (Å²) in [5, 5.41) is 11.1. The monoisotopic (exact) mass is 285 g/mol. The number of hydrogen-bond donors (Lipinski definition) is 2. The fourth-order valence-corrected chi connectivity index (χ4v) is 1.85. The molecule has 0 aromatic heterocycles. The molecule has 0 aliphatic rings. The number of anilines is 1. The number of amides is 1. The molecular weight excluding hydrogens is 270 g/mol. The van der Waals surface area contributed by atoms with Gasteiger partial charge < -0.3 is 19.9 Å². The van der Waals surface area contributed by atoms with Crippen molar-refractivity contribution >= 4 is 29.3 Å². The van der Waals surface area contributed by atoms with Crippen LogP contribution in [-0.4, -0.2) is 42.7 Å². The number of carbonyl (C=O) groups is 2. The van der Waals surface area contributed by atoms with Gasteiger partial charge in [0, 0.05) is 6.07 Å². The molecule has 0 saturated heterocycles. The molecule has 1 aromatic rings. The number of ether oxygens (including phenoxy) is 2. The standard InChI is InChI=1S/C12H15NO5S/c1-17-8-3-4-9(10(5-8)18-2)13-11(14)6-19-7-12(15)16/h3-5H,6-7H2,1-2H3,(H,13,14)(H,15,16). The van der Waals surface area contributed by atoms with Gasteiger partial charge in [-0.2, -0.15) is 0 Å². The van der Waals surface area contributed by atoms with Gasteiger partial charge in [-0.1, -0.05) is 0 Å². The normalized spacial score (nSPS) is 9.79. The van der Waals surface area contributed by atoms with Crippen molar-refractivity contribution in [3.63, 3.8) is 0 Å². The van der Waals surface area contributed by atoms with Gasteiger partial charge in [-0.15, -0.1) is 11.8 Å². The number of carboxylic acids is 1. The highest BCUT2D eigenvalue weighted by Crippen LogP contribution is 2.29. The predicted molar refractivity (Wildman–Crippen MR) is 73.1 cm³/mol. The number of methoxy groups -OCH3 is 2. The third-order valence-corrected chi connectivity index (χ3v) is 3.06. The van der Waals surface area contributed by atoms with E-state index in [-0.39, 0.29) is 17.4 Å². The van der Waals surface area contributed by atoms with Crippen LogP contribution in [0.15, 0.2) is 18.2 Å². The van der Waals surface area contributed by atoms with Crippen LogP contribution in [0.1, 0.15) is 0 Å². The van der Waals surface area contributed by atoms with Crippen molar-refractivity contribution in [3.8, 4) is 11.5 Å². The van der Waals surface area contributed by atoms with E-state index in [9.17, 15) is 9.59 Å². The van der Waals surface area contributed by atoms with Crippen LogP contribution in [0.25, 0.3) is 0 Å². The van der Waals surface area contributed by atoms with Crippen molar-refractivity contribution < 1.29 is 24.2 Å². The number of rotatable bonds is 7. The lowest BCUT2D eigenvalue weighted by Crippen LogP contribution is -2.16. The lowest BCUT2D eigenvalue weighted by atomic mass is 10.2. The van der Waals surface area contributed by atoms with Crippen LogP contribution in [0.3, 0.4) is 0 Å². The van der Waals surface area contributed by atoms with Crippen molar-refractivity contribution in [2.45, 2.75) is 0 Å². The first-order chi connectivity index (χ1) is 9.06. The molecule has 19 heavy (non-hydrogen) atoms. The summed E-state index contributed by atoms with van der Waals surface area (Å²) in [5.41, 5.74) is 0.518. The molecule has 6 nitrogen and oxygen atoms in total. The highest BCUT2D eigenvalue weighted by molar-refractivity contribution is 8.00. The molecule has 0 spiro atoms. The van der Waals surface area contributed by atoms with E-state index in [0.29, 0.717) is 17.2 Å². The van der Waals surface area contributed by atoms with E-state index < -0.39 is 5.97 Å². The Hall–Kier alpha value is -1.89. The molecule has 2 N–H and O–H groups in total. The summed E-state index contributed by atoms with van der Waals surface area (Å²) >= 11 is 1.03. The van der Waals surface area contributed by atoms with Gasteiger partial charge in [-0.05, 0) is 12.1 Å². The van der Waals surface area contributed by atoms with E-state index in [1.807, 2.05) is 0 Å². The average molecular weight is 285 g/mol. The quantitative estimate of drug-likeness (QED) is 0.789. The molecule has 0 atom stereocenters. The molecule has 0 saturated carbocycles. The predicted octanol–water partition coefficient (Wildman–Crippen LogP) is 1.46. The zero-order valence-corrected chi connectivity index (χ0v) is 11.5. The number of carboxylic acid groups (broad SMARTS) is 1. The molecule has 1 amide bonds. The minimum Gasteiger partial charge on any atom is -0.497 e. The Bertz CT molecular complexity index is 463. The molecule has 0 aliphatic heterocycles. The third kappa shape index (κ3) is 5.09. The average Bonchev–Trinajstić information content (AvgIpc) is 2.38. The summed E-state index contributed by atoms with van der Waals surface area (Å²) in [6.45, 7) is 0. The van der Waals surface area contributed by atoms with Crippen LogP contribution < -0.4 is 14.8 Å². The fourth-order valence-electron chi connectivity index (χ4n) is 1.32. The second-order valence-corrected chi connectivity index (χ2v) is 4.49. The van der Waals surface area contributed by atoms with Crippen LogP contribution in [0.4, 0.5) is 5.69 Å². The molecule has 7 heteroatoms. The summed E-state index contributed by atoms with van der Waals surface area (Å²) in [5.74, 6) is -0.158. The molecule has 1 rings (SSSR count). The Kier molecular flexibility index (Phi) is 6.01. The first kappa shape index (κ1) is 15.2. The fraction of sp³-hybridized carbons (Fsp3) is 0.333. The molecule has 0 bridgehead atoms. The van der Waals surface area contributed by atoms with Crippen LogP contribution >= 0.6 is 11.8 Å². The van der Waals surface area contributed by atoms with E-state index in [2.05, 4.69) is 5.32 Å². The largest absolute Gasteiger partial charge is 0.497 e. The van der Waals surface area contributed by atoms with E-state index >= 15 is 0 Å². The number of nitrogens with one attached hydrogen (secondary N) is 1. The zero-order chi connectivity index (χ0) is 14.3. The zero-order valence-electron chi connectivity index (χ0n) is 10.6. The Morgan fingerprint density at radius 3 is 2.58 bits per heavy atom. The van der Waals surface area contributed by atoms with Crippen molar-refractivity contribution in [3.05, 3.63) is 18.2 Å². The summed E-state index contributed by atoms with van der Waals surface area (Å²) in [6.07, 6.45) is 0. The maximum absolute atomic E-state index is 11.6. The second-order valence-electron chi connectivity index (χ2n) is 3.50. The summed E-state index contributed by atoms with van der Waals surface area (Å²) < 4.78 is 10.2. The number of carbonyl (C=O) groups excluding carboxylic acids is 1. The Balaban J connectivity index is 2.60. The maximum Gasteiger partial charge on any atom is 0.313 e. The molecule has 1 aromatic carbocycles. The van der Waals surface area contributed by atoms with Crippen molar-refractivity contribution in [1.82, 2.24) is 0 Å². The maximum atomic E-state index is 11.6. The van der Waals surface area contributed by atoms with Crippen LogP contribution in [0.2, 0.25) is 0 Å².